The molecule has 0 fully saturated rings. The van der Waals surface area contributed by atoms with Crippen LogP contribution in [0.4, 0.5) is 0 Å². The number of aromatic nitrogens is 1. The zero-order valence-electron chi connectivity index (χ0n) is 14.7. The minimum atomic E-state index is -0.373. The van der Waals surface area contributed by atoms with Crippen molar-refractivity contribution in [3.8, 4) is 0 Å². The van der Waals surface area contributed by atoms with Crippen LogP contribution in [0.5, 0.6) is 0 Å². The lowest BCUT2D eigenvalue weighted by Crippen LogP contribution is -2.37. The van der Waals surface area contributed by atoms with Gasteiger partial charge in [-0.25, -0.2) is 0 Å². The van der Waals surface area contributed by atoms with Gasteiger partial charge in [-0.05, 0) is 23.6 Å². The van der Waals surface area contributed by atoms with Crippen molar-refractivity contribution in [2.24, 2.45) is 5.92 Å². The van der Waals surface area contributed by atoms with Gasteiger partial charge in [-0.1, -0.05) is 43.3 Å². The maximum atomic E-state index is 12.7. The number of carbonyl (C=O) groups is 2. The molecule has 1 unspecified atom stereocenters. The molecule has 2 aromatic rings. The summed E-state index contributed by atoms with van der Waals surface area (Å²) in [6.07, 6.45) is 4.51. The van der Waals surface area contributed by atoms with Gasteiger partial charge < -0.3 is 9.64 Å². The van der Waals surface area contributed by atoms with Gasteiger partial charge in [0.25, 0.3) is 0 Å². The van der Waals surface area contributed by atoms with Gasteiger partial charge in [0.15, 0.2) is 0 Å². The zero-order valence-corrected chi connectivity index (χ0v) is 14.7. The average molecular weight is 340 g/mol. The van der Waals surface area contributed by atoms with Crippen LogP contribution >= 0.6 is 0 Å². The number of aryl methyl sites for hydroxylation is 1. The number of hydrogen-bond acceptors (Lipinski definition) is 4. The molecule has 0 aliphatic rings. The van der Waals surface area contributed by atoms with Crippen molar-refractivity contribution >= 4 is 11.9 Å². The van der Waals surface area contributed by atoms with E-state index < -0.39 is 0 Å². The summed E-state index contributed by atoms with van der Waals surface area (Å²) in [5.74, 6) is -0.669. The maximum Gasteiger partial charge on any atom is 0.310 e. The molecular formula is C20H24N2O3. The number of hydrogen-bond donors (Lipinski definition) is 0. The van der Waals surface area contributed by atoms with E-state index in [1.807, 2.05) is 42.5 Å². The maximum absolute atomic E-state index is 12.7. The summed E-state index contributed by atoms with van der Waals surface area (Å²) in [7, 11) is 1.36. The minimum absolute atomic E-state index is 0.0171. The Kier molecular flexibility index (Phi) is 7.14. The lowest BCUT2D eigenvalue weighted by Gasteiger charge is -2.25. The standard InChI is InChI=1S/C20H24N2O3/c1-16(20(24)25-2)14-22(15-18-9-6-12-21-13-18)19(23)11-10-17-7-4-3-5-8-17/h3-9,12-13,16H,10-11,14-15H2,1-2H3. The van der Waals surface area contributed by atoms with Gasteiger partial charge in [0.1, 0.15) is 0 Å². The quantitative estimate of drug-likeness (QED) is 0.693. The predicted octanol–water partition coefficient (Wildman–Crippen LogP) is 2.85. The highest BCUT2D eigenvalue weighted by atomic mass is 16.5. The first kappa shape index (κ1) is 18.6. The van der Waals surface area contributed by atoms with E-state index in [1.54, 1.807) is 24.2 Å². The fourth-order valence-corrected chi connectivity index (χ4v) is 2.63. The van der Waals surface area contributed by atoms with Crippen LogP contribution in [-0.2, 0) is 27.3 Å². The number of benzene rings is 1. The lowest BCUT2D eigenvalue weighted by molar-refractivity contribution is -0.146. The second-order valence-corrected chi connectivity index (χ2v) is 6.05. The highest BCUT2D eigenvalue weighted by molar-refractivity contribution is 5.78. The Labute approximate surface area is 148 Å². The zero-order chi connectivity index (χ0) is 18.1. The van der Waals surface area contributed by atoms with Crippen LogP contribution in [0.3, 0.4) is 0 Å². The van der Waals surface area contributed by atoms with Crippen LogP contribution < -0.4 is 0 Å². The van der Waals surface area contributed by atoms with E-state index in [9.17, 15) is 9.59 Å². The number of ether oxygens (including phenoxy) is 1. The largest absolute Gasteiger partial charge is 0.469 e. The average Bonchev–Trinajstić information content (AvgIpc) is 2.66. The highest BCUT2D eigenvalue weighted by Crippen LogP contribution is 2.12. The topological polar surface area (TPSA) is 59.5 Å². The fraction of sp³-hybridized carbons (Fsp3) is 0.350. The Hall–Kier alpha value is -2.69. The molecule has 5 heteroatoms. The Balaban J connectivity index is 2.03. The Morgan fingerprint density at radius 1 is 1.12 bits per heavy atom. The van der Waals surface area contributed by atoms with Gasteiger partial charge in [-0.2, -0.15) is 0 Å². The molecule has 0 aliphatic carbocycles. The number of amides is 1. The van der Waals surface area contributed by atoms with Crippen LogP contribution in [-0.4, -0.2) is 35.4 Å². The predicted molar refractivity (Wildman–Crippen MR) is 95.6 cm³/mol. The van der Waals surface area contributed by atoms with Crippen molar-refractivity contribution in [2.45, 2.75) is 26.3 Å². The van der Waals surface area contributed by atoms with Crippen molar-refractivity contribution < 1.29 is 14.3 Å². The summed E-state index contributed by atoms with van der Waals surface area (Å²) in [5, 5.41) is 0. The molecule has 0 N–H and O–H groups in total. The molecule has 0 aliphatic heterocycles. The molecule has 0 bridgehead atoms. The van der Waals surface area contributed by atoms with E-state index in [1.165, 1.54) is 7.11 Å². The number of pyridine rings is 1. The Morgan fingerprint density at radius 3 is 2.48 bits per heavy atom. The van der Waals surface area contributed by atoms with E-state index in [0.29, 0.717) is 25.9 Å². The summed E-state index contributed by atoms with van der Waals surface area (Å²) < 4.78 is 4.78. The molecule has 2 rings (SSSR count). The SMILES string of the molecule is COC(=O)C(C)CN(Cc1cccnc1)C(=O)CCc1ccccc1. The molecule has 1 aromatic heterocycles. The fourth-order valence-electron chi connectivity index (χ4n) is 2.63. The molecule has 132 valence electrons. The van der Waals surface area contributed by atoms with Crippen LogP contribution in [0.1, 0.15) is 24.5 Å². The first-order valence-corrected chi connectivity index (χ1v) is 8.38. The molecule has 1 heterocycles. The van der Waals surface area contributed by atoms with Crippen molar-refractivity contribution in [1.82, 2.24) is 9.88 Å². The van der Waals surface area contributed by atoms with Crippen molar-refractivity contribution in [1.29, 1.82) is 0 Å². The summed E-state index contributed by atoms with van der Waals surface area (Å²) in [6.45, 7) is 2.53. The first-order chi connectivity index (χ1) is 12.1. The van der Waals surface area contributed by atoms with Crippen molar-refractivity contribution in [3.05, 3.63) is 66.0 Å². The Morgan fingerprint density at radius 2 is 1.84 bits per heavy atom. The third-order valence-corrected chi connectivity index (χ3v) is 4.02. The summed E-state index contributed by atoms with van der Waals surface area (Å²) in [5.41, 5.74) is 2.06. The smallest absolute Gasteiger partial charge is 0.310 e. The second-order valence-electron chi connectivity index (χ2n) is 6.05. The lowest BCUT2D eigenvalue weighted by atomic mass is 10.1. The van der Waals surface area contributed by atoms with Gasteiger partial charge in [0, 0.05) is 31.9 Å². The van der Waals surface area contributed by atoms with Crippen LogP contribution in [0.15, 0.2) is 54.9 Å². The van der Waals surface area contributed by atoms with E-state index in [-0.39, 0.29) is 17.8 Å². The van der Waals surface area contributed by atoms with Gasteiger partial charge in [0.2, 0.25) is 5.91 Å². The molecule has 1 amide bonds. The third kappa shape index (κ3) is 6.03. The molecule has 0 saturated heterocycles. The van der Waals surface area contributed by atoms with Gasteiger partial charge in [-0.15, -0.1) is 0 Å². The number of rotatable bonds is 8. The molecule has 1 atom stereocenters. The molecule has 1 aromatic carbocycles. The number of nitrogens with zero attached hydrogens (tertiary/aromatic N) is 2. The molecule has 0 spiro atoms. The molecule has 25 heavy (non-hydrogen) atoms. The van der Waals surface area contributed by atoms with Gasteiger partial charge in [-0.3, -0.25) is 14.6 Å². The number of methoxy groups -OCH3 is 1. The molecule has 5 nitrogen and oxygen atoms in total. The summed E-state index contributed by atoms with van der Waals surface area (Å²) in [4.78, 5) is 30.3. The van der Waals surface area contributed by atoms with Crippen LogP contribution in [0, 0.1) is 5.92 Å². The third-order valence-electron chi connectivity index (χ3n) is 4.02. The van der Waals surface area contributed by atoms with Crippen LogP contribution in [0.2, 0.25) is 0 Å². The molecule has 0 saturated carbocycles. The van der Waals surface area contributed by atoms with Gasteiger partial charge >= 0.3 is 5.97 Å². The Bertz CT molecular complexity index is 674. The number of carbonyl (C=O) groups excluding carboxylic acids is 2. The highest BCUT2D eigenvalue weighted by Gasteiger charge is 2.21. The van der Waals surface area contributed by atoms with Crippen molar-refractivity contribution in [3.63, 3.8) is 0 Å². The molecular weight excluding hydrogens is 316 g/mol. The van der Waals surface area contributed by atoms with E-state index in [0.717, 1.165) is 11.1 Å². The monoisotopic (exact) mass is 340 g/mol. The first-order valence-electron chi connectivity index (χ1n) is 8.38. The summed E-state index contributed by atoms with van der Waals surface area (Å²) in [6, 6.07) is 13.7. The van der Waals surface area contributed by atoms with Gasteiger partial charge in [0.05, 0.1) is 13.0 Å². The van der Waals surface area contributed by atoms with Crippen molar-refractivity contribution in [2.75, 3.05) is 13.7 Å². The minimum Gasteiger partial charge on any atom is -0.469 e. The van der Waals surface area contributed by atoms with E-state index in [2.05, 4.69) is 4.98 Å². The summed E-state index contributed by atoms with van der Waals surface area (Å²) >= 11 is 0. The normalized spacial score (nSPS) is 11.6. The number of esters is 1. The molecule has 0 radical (unpaired) electrons. The second kappa shape index (κ2) is 9.57. The van der Waals surface area contributed by atoms with E-state index in [4.69, 9.17) is 4.74 Å². The van der Waals surface area contributed by atoms with Crippen LogP contribution in [0.25, 0.3) is 0 Å². The van der Waals surface area contributed by atoms with E-state index >= 15 is 0 Å².